The molecule has 1 N–H and O–H groups in total. The smallest absolute Gasteiger partial charge is 0.247 e. The van der Waals surface area contributed by atoms with E-state index < -0.39 is 0 Å². The lowest BCUT2D eigenvalue weighted by Gasteiger charge is -2.04. The molecule has 1 aromatic carbocycles. The second-order valence-corrected chi connectivity index (χ2v) is 5.60. The fourth-order valence-corrected chi connectivity index (χ4v) is 2.82. The molecule has 120 valence electrons. The van der Waals surface area contributed by atoms with Crippen LogP contribution in [-0.4, -0.2) is 29.1 Å². The lowest BCUT2D eigenvalue weighted by Crippen LogP contribution is -2.01. The van der Waals surface area contributed by atoms with Crippen molar-refractivity contribution in [1.29, 1.82) is 0 Å². The quantitative estimate of drug-likeness (QED) is 0.551. The molecule has 0 saturated heterocycles. The fourth-order valence-electron chi connectivity index (χ4n) is 2.82. The molecule has 25 heavy (non-hydrogen) atoms. The highest BCUT2D eigenvalue weighted by Gasteiger charge is 2.09. The molecule has 0 fully saturated rings. The van der Waals surface area contributed by atoms with Crippen LogP contribution in [0.4, 0.5) is 11.6 Å². The largest absolute Gasteiger partial charge is 0.323 e. The van der Waals surface area contributed by atoms with Gasteiger partial charge in [0.1, 0.15) is 12.1 Å². The Hall–Kier alpha value is -3.74. The van der Waals surface area contributed by atoms with Gasteiger partial charge in [-0.2, -0.15) is 9.50 Å². The van der Waals surface area contributed by atoms with Crippen molar-refractivity contribution in [2.45, 2.75) is 0 Å². The summed E-state index contributed by atoms with van der Waals surface area (Å²) in [6.45, 7) is 0. The van der Waals surface area contributed by atoms with Crippen molar-refractivity contribution < 1.29 is 0 Å². The summed E-state index contributed by atoms with van der Waals surface area (Å²) in [6.07, 6.45) is 7.13. The Morgan fingerprint density at radius 1 is 0.960 bits per heavy atom. The summed E-state index contributed by atoms with van der Waals surface area (Å²) in [5.41, 5.74) is 2.63. The number of benzene rings is 1. The van der Waals surface area contributed by atoms with Crippen molar-refractivity contribution >= 4 is 28.2 Å². The Labute approximate surface area is 142 Å². The zero-order valence-corrected chi connectivity index (χ0v) is 13.1. The number of rotatable bonds is 3. The summed E-state index contributed by atoms with van der Waals surface area (Å²) in [5.74, 6) is 1.41. The highest BCUT2D eigenvalue weighted by atomic mass is 15.4. The number of hydrogen-bond acceptors (Lipinski definition) is 5. The molecule has 0 radical (unpaired) electrons. The van der Waals surface area contributed by atoms with Gasteiger partial charge in [-0.15, -0.1) is 5.10 Å². The van der Waals surface area contributed by atoms with Crippen LogP contribution in [0.25, 0.3) is 22.4 Å². The van der Waals surface area contributed by atoms with Crippen molar-refractivity contribution in [2.24, 2.45) is 0 Å². The summed E-state index contributed by atoms with van der Waals surface area (Å²) < 4.78 is 3.68. The van der Waals surface area contributed by atoms with Crippen LogP contribution < -0.4 is 5.32 Å². The normalized spacial score (nSPS) is 11.2. The molecule has 0 amide bonds. The highest BCUT2D eigenvalue weighted by Crippen LogP contribution is 2.20. The van der Waals surface area contributed by atoms with Gasteiger partial charge in [0.2, 0.25) is 5.95 Å². The van der Waals surface area contributed by atoms with Crippen molar-refractivity contribution in [2.75, 3.05) is 5.32 Å². The van der Waals surface area contributed by atoms with E-state index in [9.17, 15) is 0 Å². The minimum absolute atomic E-state index is 0.538. The molecular weight excluding hydrogens is 314 g/mol. The van der Waals surface area contributed by atoms with Crippen LogP contribution >= 0.6 is 0 Å². The number of anilines is 2. The Bertz CT molecular complexity index is 1170. The van der Waals surface area contributed by atoms with Gasteiger partial charge in [-0.1, -0.05) is 12.1 Å². The van der Waals surface area contributed by atoms with Gasteiger partial charge in [0.25, 0.3) is 0 Å². The molecule has 7 heteroatoms. The molecule has 0 saturated carbocycles. The molecule has 7 nitrogen and oxygen atoms in total. The highest BCUT2D eigenvalue weighted by molar-refractivity contribution is 5.82. The second kappa shape index (κ2) is 5.41. The van der Waals surface area contributed by atoms with E-state index >= 15 is 0 Å². The SMILES string of the molecule is c1cnc2ccc(Nc3nc4cccc(-n5ccnc5)n4n3)cc2c1. The Balaban J connectivity index is 1.55. The number of nitrogens with zero attached hydrogens (tertiary/aromatic N) is 6. The lowest BCUT2D eigenvalue weighted by molar-refractivity contribution is 0.870. The van der Waals surface area contributed by atoms with Crippen LogP contribution in [0.3, 0.4) is 0 Å². The van der Waals surface area contributed by atoms with Gasteiger partial charge in [0.15, 0.2) is 5.65 Å². The molecule has 5 rings (SSSR count). The van der Waals surface area contributed by atoms with E-state index in [0.717, 1.165) is 28.1 Å². The summed E-state index contributed by atoms with van der Waals surface area (Å²) in [6, 6.07) is 15.8. The third-order valence-corrected chi connectivity index (χ3v) is 3.97. The van der Waals surface area contributed by atoms with E-state index in [0.29, 0.717) is 5.95 Å². The first kappa shape index (κ1) is 13.7. The van der Waals surface area contributed by atoms with Crippen LogP contribution in [0, 0.1) is 0 Å². The molecular formula is C18H13N7. The van der Waals surface area contributed by atoms with Crippen LogP contribution in [0.1, 0.15) is 0 Å². The Morgan fingerprint density at radius 3 is 2.88 bits per heavy atom. The van der Waals surface area contributed by atoms with Gasteiger partial charge in [-0.25, -0.2) is 4.98 Å². The van der Waals surface area contributed by atoms with Crippen LogP contribution in [-0.2, 0) is 0 Å². The first-order chi connectivity index (χ1) is 12.4. The van der Waals surface area contributed by atoms with Gasteiger partial charge < -0.3 is 5.32 Å². The standard InChI is InChI=1S/C18H13N7/c1-4-16-22-18(23-25(16)17(5-1)24-10-9-19-12-24)21-14-6-7-15-13(11-14)3-2-8-20-15/h1-12H,(H,21,23). The third kappa shape index (κ3) is 2.38. The van der Waals surface area contributed by atoms with E-state index in [1.807, 2.05) is 59.3 Å². The molecule has 0 spiro atoms. The van der Waals surface area contributed by atoms with Gasteiger partial charge in [0, 0.05) is 29.7 Å². The number of fused-ring (bicyclic) bond motifs is 2. The van der Waals surface area contributed by atoms with E-state index in [-0.39, 0.29) is 0 Å². The molecule has 0 bridgehead atoms. The number of aromatic nitrogens is 6. The molecule has 4 heterocycles. The molecule has 0 unspecified atom stereocenters. The predicted molar refractivity (Wildman–Crippen MR) is 95.1 cm³/mol. The minimum Gasteiger partial charge on any atom is -0.323 e. The van der Waals surface area contributed by atoms with Crippen molar-refractivity contribution in [3.05, 3.63) is 73.4 Å². The third-order valence-electron chi connectivity index (χ3n) is 3.97. The first-order valence-corrected chi connectivity index (χ1v) is 7.83. The maximum atomic E-state index is 4.57. The number of nitrogens with one attached hydrogen (secondary N) is 1. The van der Waals surface area contributed by atoms with Crippen molar-refractivity contribution in [1.82, 2.24) is 29.1 Å². The second-order valence-electron chi connectivity index (χ2n) is 5.60. The summed E-state index contributed by atoms with van der Waals surface area (Å²) in [4.78, 5) is 13.0. The van der Waals surface area contributed by atoms with Gasteiger partial charge in [-0.05, 0) is 36.4 Å². The average molecular weight is 327 g/mol. The Kier molecular flexibility index (Phi) is 2.96. The van der Waals surface area contributed by atoms with E-state index in [1.165, 1.54) is 0 Å². The van der Waals surface area contributed by atoms with Crippen LogP contribution in [0.15, 0.2) is 73.4 Å². The number of imidazole rings is 1. The topological polar surface area (TPSA) is 72.9 Å². The maximum Gasteiger partial charge on any atom is 0.247 e. The number of pyridine rings is 2. The molecule has 5 aromatic rings. The van der Waals surface area contributed by atoms with E-state index in [2.05, 4.69) is 25.4 Å². The zero-order valence-electron chi connectivity index (χ0n) is 13.1. The van der Waals surface area contributed by atoms with E-state index in [1.54, 1.807) is 23.2 Å². The van der Waals surface area contributed by atoms with Crippen LogP contribution in [0.5, 0.6) is 0 Å². The lowest BCUT2D eigenvalue weighted by atomic mass is 10.2. The fraction of sp³-hybridized carbons (Fsp3) is 0. The molecule has 4 aromatic heterocycles. The zero-order chi connectivity index (χ0) is 16.6. The summed E-state index contributed by atoms with van der Waals surface area (Å²) in [7, 11) is 0. The summed E-state index contributed by atoms with van der Waals surface area (Å²) >= 11 is 0. The maximum absolute atomic E-state index is 4.57. The van der Waals surface area contributed by atoms with Gasteiger partial charge >= 0.3 is 0 Å². The van der Waals surface area contributed by atoms with Gasteiger partial charge in [0.05, 0.1) is 5.52 Å². The van der Waals surface area contributed by atoms with Gasteiger partial charge in [-0.3, -0.25) is 9.55 Å². The predicted octanol–water partition coefficient (Wildman–Crippen LogP) is 3.21. The molecule has 0 aliphatic carbocycles. The minimum atomic E-state index is 0.538. The molecule has 0 atom stereocenters. The van der Waals surface area contributed by atoms with Crippen molar-refractivity contribution in [3.63, 3.8) is 0 Å². The van der Waals surface area contributed by atoms with E-state index in [4.69, 9.17) is 0 Å². The molecule has 0 aliphatic rings. The average Bonchev–Trinajstić information content (AvgIpc) is 3.30. The van der Waals surface area contributed by atoms with Crippen molar-refractivity contribution in [3.8, 4) is 5.82 Å². The molecule has 0 aliphatic heterocycles. The number of hydrogen-bond donors (Lipinski definition) is 1. The first-order valence-electron chi connectivity index (χ1n) is 7.83. The monoisotopic (exact) mass is 327 g/mol. The Morgan fingerprint density at radius 2 is 1.96 bits per heavy atom. The van der Waals surface area contributed by atoms with Crippen LogP contribution in [0.2, 0.25) is 0 Å². The summed E-state index contributed by atoms with van der Waals surface area (Å²) in [5, 5.41) is 8.90.